The molecule has 2 aromatic carbocycles. The third-order valence-electron chi connectivity index (χ3n) is 6.26. The number of carboxylic acid groups (broad SMARTS) is 1. The zero-order valence-corrected chi connectivity index (χ0v) is 24.8. The number of carbonyl (C=O) groups is 1. The number of benzene rings is 2. The van der Waals surface area contributed by atoms with E-state index < -0.39 is 77.5 Å². The fourth-order valence-corrected chi connectivity index (χ4v) is 7.31. The monoisotopic (exact) mass is 645 g/mol. The number of hydrogen-bond donors (Lipinski definition) is 2. The van der Waals surface area contributed by atoms with Crippen molar-refractivity contribution < 1.29 is 49.0 Å². The van der Waals surface area contributed by atoms with Gasteiger partial charge in [-0.15, -0.1) is 0 Å². The van der Waals surface area contributed by atoms with E-state index in [0.717, 1.165) is 47.0 Å². The fourth-order valence-electron chi connectivity index (χ4n) is 4.45. The Labute approximate surface area is 239 Å². The zero-order chi connectivity index (χ0) is 31.3. The van der Waals surface area contributed by atoms with Crippen molar-refractivity contribution in [2.45, 2.75) is 62.4 Å². The summed E-state index contributed by atoms with van der Waals surface area (Å²) in [5, 5.41) is 9.20. The molecule has 1 aliphatic rings. The summed E-state index contributed by atoms with van der Waals surface area (Å²) >= 11 is 5.80. The number of halogens is 5. The van der Waals surface area contributed by atoms with Crippen molar-refractivity contribution >= 4 is 49.1 Å². The molecule has 3 rings (SSSR count). The van der Waals surface area contributed by atoms with Crippen LogP contribution in [0.3, 0.4) is 0 Å². The van der Waals surface area contributed by atoms with Crippen LogP contribution in [0.15, 0.2) is 41.3 Å². The van der Waals surface area contributed by atoms with Crippen LogP contribution in [0.1, 0.15) is 34.1 Å². The van der Waals surface area contributed by atoms with Crippen molar-refractivity contribution in [3.8, 4) is 5.75 Å². The predicted octanol–water partition coefficient (Wildman–Crippen LogP) is 4.98. The van der Waals surface area contributed by atoms with Crippen LogP contribution in [0.4, 0.5) is 33.7 Å². The number of rotatable bonds is 8. The summed E-state index contributed by atoms with van der Waals surface area (Å²) in [6, 6.07) is 5.69. The van der Waals surface area contributed by atoms with Gasteiger partial charge in [-0.2, -0.15) is 13.2 Å². The van der Waals surface area contributed by atoms with Crippen LogP contribution in [0.25, 0.3) is 0 Å². The van der Waals surface area contributed by atoms with E-state index in [4.69, 9.17) is 16.3 Å². The second kappa shape index (κ2) is 10.8. The maximum absolute atomic E-state index is 13.8. The fraction of sp³-hybridized carbons (Fsp3) is 0.458. The van der Waals surface area contributed by atoms with Gasteiger partial charge in [-0.05, 0) is 64.1 Å². The highest BCUT2D eigenvalue weighted by Gasteiger charge is 2.54. The minimum absolute atomic E-state index is 0.0536. The second-order valence-electron chi connectivity index (χ2n) is 10.6. The average Bonchev–Trinajstić information content (AvgIpc) is 2.77. The number of nitrogens with one attached hydrogen (secondary N) is 1. The first-order valence-corrected chi connectivity index (χ1v) is 15.5. The summed E-state index contributed by atoms with van der Waals surface area (Å²) in [4.78, 5) is 11.6. The average molecular weight is 646 g/mol. The van der Waals surface area contributed by atoms with Crippen molar-refractivity contribution in [2.24, 2.45) is 0 Å². The van der Waals surface area contributed by atoms with Crippen molar-refractivity contribution in [2.75, 3.05) is 22.0 Å². The predicted molar refractivity (Wildman–Crippen MR) is 144 cm³/mol. The zero-order valence-electron chi connectivity index (χ0n) is 22.5. The molecule has 1 atom stereocenters. The second-order valence-corrected chi connectivity index (χ2v) is 14.7. The van der Waals surface area contributed by atoms with Crippen molar-refractivity contribution in [1.82, 2.24) is 4.72 Å². The van der Waals surface area contributed by atoms with E-state index in [-0.39, 0.29) is 22.8 Å². The quantitative estimate of drug-likeness (QED) is 0.387. The first kappa shape index (κ1) is 32.7. The van der Waals surface area contributed by atoms with Crippen molar-refractivity contribution in [1.29, 1.82) is 0 Å². The Morgan fingerprint density at radius 3 is 2.24 bits per heavy atom. The van der Waals surface area contributed by atoms with Gasteiger partial charge in [0.15, 0.2) is 0 Å². The maximum atomic E-state index is 13.8. The summed E-state index contributed by atoms with van der Waals surface area (Å²) in [6.07, 6.45) is -7.04. The van der Waals surface area contributed by atoms with E-state index in [1.807, 2.05) is 0 Å². The Hall–Kier alpha value is -2.82. The third-order valence-corrected chi connectivity index (χ3v) is 9.24. The molecule has 2 aromatic rings. The van der Waals surface area contributed by atoms with Gasteiger partial charge in [-0.3, -0.25) is 9.21 Å². The number of amides is 1. The summed E-state index contributed by atoms with van der Waals surface area (Å²) in [5.74, 6) is -1.03. The highest BCUT2D eigenvalue weighted by molar-refractivity contribution is 7.92. The number of fused-ring (bicyclic) bond motifs is 1. The van der Waals surface area contributed by atoms with Crippen molar-refractivity contribution in [3.63, 3.8) is 0 Å². The minimum atomic E-state index is -5.00. The molecule has 0 radical (unpaired) electrons. The van der Waals surface area contributed by atoms with Gasteiger partial charge in [-0.25, -0.2) is 30.7 Å². The molecule has 0 aliphatic carbocycles. The van der Waals surface area contributed by atoms with E-state index in [0.29, 0.717) is 13.8 Å². The molecule has 1 aliphatic heterocycles. The van der Waals surface area contributed by atoms with Gasteiger partial charge in [-0.1, -0.05) is 11.6 Å². The summed E-state index contributed by atoms with van der Waals surface area (Å²) < 4.78 is 116. The summed E-state index contributed by atoms with van der Waals surface area (Å²) in [6.45, 7) is 3.92. The number of anilines is 2. The normalized spacial score (nSPS) is 16.6. The van der Waals surface area contributed by atoms with Crippen molar-refractivity contribution in [3.05, 3.63) is 47.2 Å². The standard InChI is InChI=1S/C24H28ClF4N3O7S2/c1-22(2,30-40(5,35)36)12-15-13-31(41(37,38)16-7-8-18(26)17(25)11-16)19-10-14(6-9-20(19)39-15)32(21(33)34)23(3,4)24(27,28)29/h6-11,15,30H,12-13H2,1-5H3,(H,33,34)/t15-/m0/s1. The molecule has 0 bridgehead atoms. The van der Waals surface area contributed by atoms with Gasteiger partial charge < -0.3 is 9.84 Å². The maximum Gasteiger partial charge on any atom is 0.412 e. The Kier molecular flexibility index (Phi) is 8.60. The SMILES string of the molecule is CC(C)(C[C@H]1CN(S(=O)(=O)c2ccc(F)c(Cl)c2)c2cc(N(C(=O)O)C(C)(C)C(F)(F)F)ccc2O1)NS(C)(=O)=O. The smallest absolute Gasteiger partial charge is 0.412 e. The molecule has 0 aromatic heterocycles. The van der Waals surface area contributed by atoms with Crippen LogP contribution in [0.5, 0.6) is 5.75 Å². The topological polar surface area (TPSA) is 133 Å². The molecule has 228 valence electrons. The first-order chi connectivity index (χ1) is 18.5. The van der Waals surface area contributed by atoms with Crippen LogP contribution >= 0.6 is 11.6 Å². The first-order valence-electron chi connectivity index (χ1n) is 11.8. The van der Waals surface area contributed by atoms with E-state index in [9.17, 15) is 44.3 Å². The molecule has 2 N–H and O–H groups in total. The molecule has 0 spiro atoms. The van der Waals surface area contributed by atoms with E-state index in [1.54, 1.807) is 13.8 Å². The van der Waals surface area contributed by atoms with Crippen LogP contribution in [0, 0.1) is 5.82 Å². The summed E-state index contributed by atoms with van der Waals surface area (Å²) in [7, 11) is -8.27. The lowest BCUT2D eigenvalue weighted by atomic mass is 9.97. The molecule has 1 heterocycles. The van der Waals surface area contributed by atoms with Crippen LogP contribution in [-0.2, 0) is 20.0 Å². The number of ether oxygens (including phenoxy) is 1. The van der Waals surface area contributed by atoms with Gasteiger partial charge in [0, 0.05) is 12.0 Å². The summed E-state index contributed by atoms with van der Waals surface area (Å²) in [5.41, 5.74) is -4.84. The Balaban J connectivity index is 2.19. The molecule has 1 amide bonds. The lowest BCUT2D eigenvalue weighted by molar-refractivity contribution is -0.175. The van der Waals surface area contributed by atoms with Crippen LogP contribution in [-0.4, -0.2) is 64.2 Å². The lowest BCUT2D eigenvalue weighted by Crippen LogP contribution is -2.57. The molecule has 0 fully saturated rings. The molecular weight excluding hydrogens is 618 g/mol. The van der Waals surface area contributed by atoms with E-state index in [2.05, 4.69) is 4.72 Å². The highest BCUT2D eigenvalue weighted by atomic mass is 35.5. The van der Waals surface area contributed by atoms with Gasteiger partial charge in [0.05, 0.1) is 34.1 Å². The van der Waals surface area contributed by atoms with Gasteiger partial charge >= 0.3 is 12.3 Å². The Morgan fingerprint density at radius 1 is 1.12 bits per heavy atom. The van der Waals surface area contributed by atoms with Gasteiger partial charge in [0.25, 0.3) is 10.0 Å². The molecule has 10 nitrogen and oxygen atoms in total. The Bertz CT molecular complexity index is 1570. The van der Waals surface area contributed by atoms with Crippen LogP contribution < -0.4 is 18.7 Å². The largest absolute Gasteiger partial charge is 0.486 e. The number of sulfonamides is 2. The highest BCUT2D eigenvalue weighted by Crippen LogP contribution is 2.44. The van der Waals surface area contributed by atoms with Gasteiger partial charge in [0.2, 0.25) is 10.0 Å². The number of hydrogen-bond acceptors (Lipinski definition) is 6. The molecule has 17 heteroatoms. The lowest BCUT2D eigenvalue weighted by Gasteiger charge is -2.40. The van der Waals surface area contributed by atoms with E-state index in [1.165, 1.54) is 0 Å². The van der Waals surface area contributed by atoms with Crippen LogP contribution in [0.2, 0.25) is 5.02 Å². The number of alkyl halides is 3. The molecule has 0 saturated carbocycles. The molecule has 0 unspecified atom stereocenters. The minimum Gasteiger partial charge on any atom is -0.486 e. The van der Waals surface area contributed by atoms with Gasteiger partial charge in [0.1, 0.15) is 23.2 Å². The number of nitrogens with zero attached hydrogens (tertiary/aromatic N) is 2. The molecule has 41 heavy (non-hydrogen) atoms. The van der Waals surface area contributed by atoms with E-state index >= 15 is 0 Å². The third kappa shape index (κ3) is 6.98. The Morgan fingerprint density at radius 2 is 1.73 bits per heavy atom. The molecule has 0 saturated heterocycles. The molecular formula is C24H28ClF4N3O7S2.